The van der Waals surface area contributed by atoms with Crippen LogP contribution in [-0.2, 0) is 17.8 Å². The fraction of sp³-hybridized carbons (Fsp3) is 0.235. The number of hydrogen-bond acceptors (Lipinski definition) is 3. The van der Waals surface area contributed by atoms with Crippen molar-refractivity contribution in [2.75, 3.05) is 6.61 Å². The molecule has 3 N–H and O–H groups in total. The Morgan fingerprint density at radius 3 is 2.52 bits per heavy atom. The molecule has 0 spiro atoms. The van der Waals surface area contributed by atoms with Gasteiger partial charge in [-0.05, 0) is 24.0 Å². The van der Waals surface area contributed by atoms with Crippen molar-refractivity contribution in [1.29, 1.82) is 0 Å². The highest BCUT2D eigenvalue weighted by Crippen LogP contribution is 2.10. The molecule has 0 saturated heterocycles. The maximum atomic E-state index is 8.77. The van der Waals surface area contributed by atoms with E-state index in [1.54, 1.807) is 0 Å². The monoisotopic (exact) mass is 284 g/mol. The van der Waals surface area contributed by atoms with Crippen molar-refractivity contribution < 1.29 is 9.94 Å². The summed E-state index contributed by atoms with van der Waals surface area (Å²) in [5.41, 5.74) is 8.60. The molecular weight excluding hydrogens is 264 g/mol. The van der Waals surface area contributed by atoms with E-state index in [0.717, 1.165) is 18.4 Å². The van der Waals surface area contributed by atoms with Crippen LogP contribution in [0.2, 0.25) is 0 Å². The summed E-state index contributed by atoms with van der Waals surface area (Å²) in [6, 6.07) is 17.9. The summed E-state index contributed by atoms with van der Waals surface area (Å²) in [6.45, 7) is 1.14. The van der Waals surface area contributed by atoms with Crippen LogP contribution in [0.4, 0.5) is 0 Å². The highest BCUT2D eigenvalue weighted by Gasteiger charge is 2.06. The number of oxime groups is 1. The van der Waals surface area contributed by atoms with Gasteiger partial charge in [-0.2, -0.15) is 0 Å². The molecule has 2 aromatic carbocycles. The molecule has 21 heavy (non-hydrogen) atoms. The first kappa shape index (κ1) is 15.1. The van der Waals surface area contributed by atoms with Crippen molar-refractivity contribution in [3.05, 3.63) is 71.3 Å². The fourth-order valence-corrected chi connectivity index (χ4v) is 2.16. The van der Waals surface area contributed by atoms with Crippen LogP contribution in [-0.4, -0.2) is 17.6 Å². The predicted molar refractivity (Wildman–Crippen MR) is 83.4 cm³/mol. The quantitative estimate of drug-likeness (QED) is 0.270. The van der Waals surface area contributed by atoms with E-state index < -0.39 is 0 Å². The lowest BCUT2D eigenvalue weighted by molar-refractivity contribution is 0.118. The smallest absolute Gasteiger partial charge is 0.170 e. The van der Waals surface area contributed by atoms with Gasteiger partial charge in [0.15, 0.2) is 5.84 Å². The van der Waals surface area contributed by atoms with Gasteiger partial charge in [0, 0.05) is 12.2 Å². The van der Waals surface area contributed by atoms with Crippen LogP contribution in [0.5, 0.6) is 0 Å². The molecule has 0 amide bonds. The lowest BCUT2D eigenvalue weighted by Gasteiger charge is -2.09. The highest BCUT2D eigenvalue weighted by atomic mass is 16.5. The zero-order valence-corrected chi connectivity index (χ0v) is 11.9. The van der Waals surface area contributed by atoms with Gasteiger partial charge in [-0.1, -0.05) is 59.8 Å². The standard InChI is InChI=1S/C17H20N2O2/c18-17(19-20)16-11-5-4-10-15(16)13-21-12-6-9-14-7-2-1-3-8-14/h1-5,7-8,10-11,20H,6,9,12-13H2,(H2,18,19). The second kappa shape index (κ2) is 8.07. The maximum absolute atomic E-state index is 8.77. The van der Waals surface area contributed by atoms with Gasteiger partial charge >= 0.3 is 0 Å². The van der Waals surface area contributed by atoms with E-state index in [1.165, 1.54) is 5.56 Å². The third-order valence-electron chi connectivity index (χ3n) is 3.26. The first-order valence-corrected chi connectivity index (χ1v) is 6.98. The average molecular weight is 284 g/mol. The maximum Gasteiger partial charge on any atom is 0.170 e. The van der Waals surface area contributed by atoms with Crippen LogP contribution < -0.4 is 5.73 Å². The molecule has 0 unspecified atom stereocenters. The largest absolute Gasteiger partial charge is 0.409 e. The molecule has 0 aromatic heterocycles. The Balaban J connectivity index is 1.79. The molecule has 4 nitrogen and oxygen atoms in total. The number of ether oxygens (including phenoxy) is 1. The Kier molecular flexibility index (Phi) is 5.79. The van der Waals surface area contributed by atoms with Gasteiger partial charge in [-0.25, -0.2) is 0 Å². The number of nitrogens with two attached hydrogens (primary N) is 1. The van der Waals surface area contributed by atoms with Crippen LogP contribution in [0.3, 0.4) is 0 Å². The number of amidine groups is 1. The minimum Gasteiger partial charge on any atom is -0.409 e. The Morgan fingerprint density at radius 2 is 1.76 bits per heavy atom. The summed E-state index contributed by atoms with van der Waals surface area (Å²) in [6.07, 6.45) is 1.97. The number of aryl methyl sites for hydroxylation is 1. The summed E-state index contributed by atoms with van der Waals surface area (Å²) in [7, 11) is 0. The number of nitrogens with zero attached hydrogens (tertiary/aromatic N) is 1. The summed E-state index contributed by atoms with van der Waals surface area (Å²) in [5.74, 6) is 0.110. The minimum atomic E-state index is 0.110. The highest BCUT2D eigenvalue weighted by molar-refractivity contribution is 5.98. The van der Waals surface area contributed by atoms with Gasteiger partial charge in [0.05, 0.1) is 6.61 Å². The topological polar surface area (TPSA) is 67.8 Å². The molecule has 2 rings (SSSR count). The zero-order chi connectivity index (χ0) is 14.9. The Hall–Kier alpha value is -2.33. The molecule has 0 bridgehead atoms. The first-order valence-electron chi connectivity index (χ1n) is 6.98. The van der Waals surface area contributed by atoms with Gasteiger partial charge < -0.3 is 15.7 Å². The Labute approximate surface area is 124 Å². The number of rotatable bonds is 7. The normalized spacial score (nSPS) is 11.5. The summed E-state index contributed by atoms with van der Waals surface area (Å²) in [5, 5.41) is 11.8. The first-order chi connectivity index (χ1) is 10.3. The molecule has 0 aliphatic carbocycles. The minimum absolute atomic E-state index is 0.110. The van der Waals surface area contributed by atoms with Gasteiger partial charge in [0.25, 0.3) is 0 Å². The van der Waals surface area contributed by atoms with Gasteiger partial charge in [0.1, 0.15) is 0 Å². The lowest BCUT2D eigenvalue weighted by Crippen LogP contribution is -2.16. The van der Waals surface area contributed by atoms with Crippen molar-refractivity contribution in [3.8, 4) is 0 Å². The molecule has 0 heterocycles. The average Bonchev–Trinajstić information content (AvgIpc) is 2.55. The summed E-state index contributed by atoms with van der Waals surface area (Å²) >= 11 is 0. The van der Waals surface area contributed by atoms with Crippen molar-refractivity contribution in [1.82, 2.24) is 0 Å². The molecule has 0 saturated carbocycles. The molecule has 4 heteroatoms. The van der Waals surface area contributed by atoms with E-state index in [-0.39, 0.29) is 5.84 Å². The third kappa shape index (κ3) is 4.61. The number of hydrogen-bond donors (Lipinski definition) is 2. The van der Waals surface area contributed by atoms with Crippen LogP contribution in [0.25, 0.3) is 0 Å². The second-order valence-electron chi connectivity index (χ2n) is 4.78. The van der Waals surface area contributed by atoms with E-state index >= 15 is 0 Å². The Morgan fingerprint density at radius 1 is 1.05 bits per heavy atom. The predicted octanol–water partition coefficient (Wildman–Crippen LogP) is 2.93. The van der Waals surface area contributed by atoms with Crippen molar-refractivity contribution in [2.24, 2.45) is 10.9 Å². The molecule has 0 fully saturated rings. The molecule has 0 radical (unpaired) electrons. The zero-order valence-electron chi connectivity index (χ0n) is 11.9. The fourth-order valence-electron chi connectivity index (χ4n) is 2.16. The van der Waals surface area contributed by atoms with Crippen molar-refractivity contribution in [3.63, 3.8) is 0 Å². The van der Waals surface area contributed by atoms with Gasteiger partial charge in [0.2, 0.25) is 0 Å². The lowest BCUT2D eigenvalue weighted by atomic mass is 10.1. The number of benzene rings is 2. The molecule has 0 atom stereocenters. The molecule has 110 valence electrons. The van der Waals surface area contributed by atoms with Gasteiger partial charge in [-0.3, -0.25) is 0 Å². The van der Waals surface area contributed by atoms with Crippen LogP contribution in [0.1, 0.15) is 23.1 Å². The molecular formula is C17H20N2O2. The van der Waals surface area contributed by atoms with E-state index in [1.807, 2.05) is 42.5 Å². The van der Waals surface area contributed by atoms with Gasteiger partial charge in [-0.15, -0.1) is 0 Å². The van der Waals surface area contributed by atoms with Crippen molar-refractivity contribution in [2.45, 2.75) is 19.4 Å². The summed E-state index contributed by atoms with van der Waals surface area (Å²) in [4.78, 5) is 0. The van der Waals surface area contributed by atoms with E-state index in [2.05, 4.69) is 17.3 Å². The van der Waals surface area contributed by atoms with E-state index in [9.17, 15) is 0 Å². The molecule has 0 aliphatic rings. The molecule has 2 aromatic rings. The molecule has 0 aliphatic heterocycles. The van der Waals surface area contributed by atoms with Crippen LogP contribution >= 0.6 is 0 Å². The summed E-state index contributed by atoms with van der Waals surface area (Å²) < 4.78 is 5.68. The third-order valence-corrected chi connectivity index (χ3v) is 3.26. The van der Waals surface area contributed by atoms with Crippen LogP contribution in [0, 0.1) is 0 Å². The SMILES string of the molecule is NC(=NO)c1ccccc1COCCCc1ccccc1. The second-order valence-corrected chi connectivity index (χ2v) is 4.78. The Bertz CT molecular complexity index is 582. The van der Waals surface area contributed by atoms with E-state index in [0.29, 0.717) is 18.8 Å². The van der Waals surface area contributed by atoms with E-state index in [4.69, 9.17) is 15.7 Å². The van der Waals surface area contributed by atoms with Crippen LogP contribution in [0.15, 0.2) is 59.8 Å². The van der Waals surface area contributed by atoms with Crippen molar-refractivity contribution >= 4 is 5.84 Å².